The molecule has 0 aliphatic heterocycles. The Hall–Kier alpha value is -0.800. The molecule has 1 heterocycles. The molecule has 0 aromatic carbocycles. The Bertz CT molecular complexity index is 197. The molecular formula is C10H17NO2. The highest BCUT2D eigenvalue weighted by molar-refractivity contribution is 5.04. The van der Waals surface area contributed by atoms with Gasteiger partial charge in [-0.15, -0.1) is 0 Å². The van der Waals surface area contributed by atoms with Gasteiger partial charge in [0.15, 0.2) is 0 Å². The lowest BCUT2D eigenvalue weighted by Gasteiger charge is -2.03. The van der Waals surface area contributed by atoms with E-state index in [4.69, 9.17) is 9.15 Å². The van der Waals surface area contributed by atoms with Crippen molar-refractivity contribution < 1.29 is 9.15 Å². The first-order chi connectivity index (χ1) is 6.43. The van der Waals surface area contributed by atoms with Crippen LogP contribution in [-0.4, -0.2) is 19.8 Å². The van der Waals surface area contributed by atoms with Crippen molar-refractivity contribution in [3.8, 4) is 0 Å². The van der Waals surface area contributed by atoms with Gasteiger partial charge >= 0.3 is 0 Å². The number of nitrogens with one attached hydrogen (secondary N) is 1. The third-order valence-electron chi connectivity index (χ3n) is 1.68. The molecular weight excluding hydrogens is 166 g/mol. The predicted molar refractivity (Wildman–Crippen MR) is 51.5 cm³/mol. The van der Waals surface area contributed by atoms with Crippen LogP contribution in [0.3, 0.4) is 0 Å². The highest BCUT2D eigenvalue weighted by Gasteiger charge is 1.92. The third-order valence-corrected chi connectivity index (χ3v) is 1.68. The van der Waals surface area contributed by atoms with Crippen LogP contribution in [0.15, 0.2) is 23.0 Å². The Morgan fingerprint density at radius 1 is 1.46 bits per heavy atom. The fourth-order valence-corrected chi connectivity index (χ4v) is 1.02. The van der Waals surface area contributed by atoms with Gasteiger partial charge in [-0.3, -0.25) is 0 Å². The number of ether oxygens (including phenoxy) is 1. The van der Waals surface area contributed by atoms with Gasteiger partial charge in [0.05, 0.1) is 19.1 Å². The van der Waals surface area contributed by atoms with Crippen molar-refractivity contribution in [3.05, 3.63) is 24.2 Å². The molecule has 0 aliphatic carbocycles. The fourth-order valence-electron chi connectivity index (χ4n) is 1.02. The van der Waals surface area contributed by atoms with Gasteiger partial charge < -0.3 is 14.5 Å². The smallest absolute Gasteiger partial charge is 0.0947 e. The van der Waals surface area contributed by atoms with Crippen LogP contribution < -0.4 is 5.32 Å². The molecule has 0 bridgehead atoms. The Labute approximate surface area is 79.1 Å². The average Bonchev–Trinajstić information content (AvgIpc) is 2.63. The molecule has 0 saturated heterocycles. The maximum atomic E-state index is 5.32. The molecule has 0 aliphatic rings. The lowest BCUT2D eigenvalue weighted by Crippen LogP contribution is -2.19. The Morgan fingerprint density at radius 3 is 3.08 bits per heavy atom. The molecule has 3 nitrogen and oxygen atoms in total. The number of furan rings is 1. The van der Waals surface area contributed by atoms with Crippen molar-refractivity contribution in [1.29, 1.82) is 0 Å². The zero-order chi connectivity index (χ0) is 9.36. The number of hydrogen-bond acceptors (Lipinski definition) is 3. The summed E-state index contributed by atoms with van der Waals surface area (Å²) in [6.07, 6.45) is 4.52. The quantitative estimate of drug-likeness (QED) is 0.654. The normalized spacial score (nSPS) is 10.5. The summed E-state index contributed by atoms with van der Waals surface area (Å²) in [5.74, 6) is 0. The second-order valence-corrected chi connectivity index (χ2v) is 2.92. The minimum atomic E-state index is 0.783. The molecule has 0 amide bonds. The van der Waals surface area contributed by atoms with Crippen LogP contribution in [0.2, 0.25) is 0 Å². The van der Waals surface area contributed by atoms with Gasteiger partial charge in [-0.2, -0.15) is 0 Å². The second-order valence-electron chi connectivity index (χ2n) is 2.92. The maximum Gasteiger partial charge on any atom is 0.0947 e. The van der Waals surface area contributed by atoms with E-state index in [2.05, 4.69) is 12.2 Å². The van der Waals surface area contributed by atoms with Crippen LogP contribution in [0.4, 0.5) is 0 Å². The van der Waals surface area contributed by atoms with Gasteiger partial charge in [-0.25, -0.2) is 0 Å². The predicted octanol–water partition coefficient (Wildman–Crippen LogP) is 1.80. The van der Waals surface area contributed by atoms with Crippen LogP contribution in [0.1, 0.15) is 18.9 Å². The first kappa shape index (κ1) is 10.3. The van der Waals surface area contributed by atoms with E-state index >= 15 is 0 Å². The summed E-state index contributed by atoms with van der Waals surface area (Å²) >= 11 is 0. The summed E-state index contributed by atoms with van der Waals surface area (Å²) in [5.41, 5.74) is 1.18. The first-order valence-corrected chi connectivity index (χ1v) is 4.73. The monoisotopic (exact) mass is 183 g/mol. The third kappa shape index (κ3) is 4.70. The van der Waals surface area contributed by atoms with Crippen molar-refractivity contribution in [2.75, 3.05) is 19.8 Å². The molecule has 0 atom stereocenters. The van der Waals surface area contributed by atoms with Gasteiger partial charge in [0.1, 0.15) is 0 Å². The van der Waals surface area contributed by atoms with Gasteiger partial charge in [-0.1, -0.05) is 6.92 Å². The molecule has 13 heavy (non-hydrogen) atoms. The second kappa shape index (κ2) is 6.69. The van der Waals surface area contributed by atoms with Crippen molar-refractivity contribution in [1.82, 2.24) is 5.32 Å². The van der Waals surface area contributed by atoms with E-state index in [-0.39, 0.29) is 0 Å². The minimum absolute atomic E-state index is 0.783. The summed E-state index contributed by atoms with van der Waals surface area (Å²) in [4.78, 5) is 0. The summed E-state index contributed by atoms with van der Waals surface area (Å²) in [5, 5.41) is 3.26. The van der Waals surface area contributed by atoms with Crippen molar-refractivity contribution in [2.24, 2.45) is 0 Å². The van der Waals surface area contributed by atoms with Crippen LogP contribution in [0.5, 0.6) is 0 Å². The topological polar surface area (TPSA) is 34.4 Å². The molecule has 74 valence electrons. The van der Waals surface area contributed by atoms with E-state index in [9.17, 15) is 0 Å². The highest BCUT2D eigenvalue weighted by atomic mass is 16.5. The van der Waals surface area contributed by atoms with E-state index in [1.807, 2.05) is 6.07 Å². The first-order valence-electron chi connectivity index (χ1n) is 4.73. The number of hydrogen-bond donors (Lipinski definition) is 1. The molecule has 1 aromatic rings. The Balaban J connectivity index is 1.90. The zero-order valence-corrected chi connectivity index (χ0v) is 8.08. The van der Waals surface area contributed by atoms with E-state index in [1.54, 1.807) is 12.5 Å². The summed E-state index contributed by atoms with van der Waals surface area (Å²) in [6, 6.07) is 1.96. The van der Waals surface area contributed by atoms with Crippen LogP contribution in [0, 0.1) is 0 Å². The molecule has 0 radical (unpaired) electrons. The molecule has 3 heteroatoms. The van der Waals surface area contributed by atoms with E-state index in [0.29, 0.717) is 0 Å². The fraction of sp³-hybridized carbons (Fsp3) is 0.600. The SMILES string of the molecule is CCCOCCNCc1ccoc1. The standard InChI is InChI=1S/C10H17NO2/c1-2-5-12-7-4-11-8-10-3-6-13-9-10/h3,6,9,11H,2,4-5,7-8H2,1H3. The molecule has 0 spiro atoms. The van der Waals surface area contributed by atoms with Crippen LogP contribution in [0.25, 0.3) is 0 Å². The molecule has 1 aromatic heterocycles. The number of rotatable bonds is 7. The van der Waals surface area contributed by atoms with Gasteiger partial charge in [0.2, 0.25) is 0 Å². The van der Waals surface area contributed by atoms with E-state index in [0.717, 1.165) is 32.7 Å². The largest absolute Gasteiger partial charge is 0.472 e. The Morgan fingerprint density at radius 2 is 2.38 bits per heavy atom. The van der Waals surface area contributed by atoms with Gasteiger partial charge in [-0.05, 0) is 12.5 Å². The molecule has 0 saturated carbocycles. The molecule has 0 unspecified atom stereocenters. The van der Waals surface area contributed by atoms with Crippen molar-refractivity contribution in [2.45, 2.75) is 19.9 Å². The van der Waals surface area contributed by atoms with Crippen molar-refractivity contribution in [3.63, 3.8) is 0 Å². The highest BCUT2D eigenvalue weighted by Crippen LogP contribution is 1.97. The minimum Gasteiger partial charge on any atom is -0.472 e. The van der Waals surface area contributed by atoms with Gasteiger partial charge in [0, 0.05) is 25.3 Å². The lowest BCUT2D eigenvalue weighted by molar-refractivity contribution is 0.136. The zero-order valence-electron chi connectivity index (χ0n) is 8.08. The van der Waals surface area contributed by atoms with E-state index in [1.165, 1.54) is 5.56 Å². The van der Waals surface area contributed by atoms with Crippen LogP contribution >= 0.6 is 0 Å². The van der Waals surface area contributed by atoms with E-state index < -0.39 is 0 Å². The van der Waals surface area contributed by atoms with Gasteiger partial charge in [0.25, 0.3) is 0 Å². The molecule has 0 fully saturated rings. The van der Waals surface area contributed by atoms with Crippen molar-refractivity contribution >= 4 is 0 Å². The summed E-state index contributed by atoms with van der Waals surface area (Å²) in [6.45, 7) is 5.50. The Kier molecular flexibility index (Phi) is 5.29. The molecule has 1 N–H and O–H groups in total. The maximum absolute atomic E-state index is 5.32. The lowest BCUT2D eigenvalue weighted by atomic mass is 10.3. The summed E-state index contributed by atoms with van der Waals surface area (Å²) < 4.78 is 10.3. The average molecular weight is 183 g/mol. The van der Waals surface area contributed by atoms with Crippen LogP contribution in [-0.2, 0) is 11.3 Å². The summed E-state index contributed by atoms with van der Waals surface area (Å²) in [7, 11) is 0. The molecule has 1 rings (SSSR count).